The van der Waals surface area contributed by atoms with Crippen LogP contribution in [0.4, 0.5) is 9.93 Å². The van der Waals surface area contributed by atoms with E-state index in [1.807, 2.05) is 32.5 Å². The van der Waals surface area contributed by atoms with Crippen LogP contribution in [0.25, 0.3) is 0 Å². The summed E-state index contributed by atoms with van der Waals surface area (Å²) in [5, 5.41) is 8.30. The van der Waals surface area contributed by atoms with E-state index in [4.69, 9.17) is 0 Å². The maximum Gasteiger partial charge on any atom is 0.321 e. The van der Waals surface area contributed by atoms with E-state index in [9.17, 15) is 4.79 Å². The molecule has 2 amide bonds. The van der Waals surface area contributed by atoms with Crippen molar-refractivity contribution in [3.63, 3.8) is 0 Å². The van der Waals surface area contributed by atoms with Gasteiger partial charge in [-0.25, -0.2) is 9.78 Å². The molecule has 2 N–H and O–H groups in total. The number of likely N-dealkylation sites (N-methyl/N-ethyl adjacent to an activating group) is 1. The Morgan fingerprint density at radius 2 is 2.30 bits per heavy atom. The number of carbonyl (C=O) groups is 1. The predicted molar refractivity (Wildman–Crippen MR) is 84.6 cm³/mol. The number of hydrogen-bond donors (Lipinski definition) is 2. The summed E-state index contributed by atoms with van der Waals surface area (Å²) < 4.78 is 0. The van der Waals surface area contributed by atoms with E-state index in [-0.39, 0.29) is 12.1 Å². The zero-order valence-corrected chi connectivity index (χ0v) is 13.3. The Morgan fingerprint density at radius 1 is 1.50 bits per heavy atom. The van der Waals surface area contributed by atoms with Gasteiger partial charge in [0.05, 0.1) is 6.04 Å². The topological polar surface area (TPSA) is 57.3 Å². The van der Waals surface area contributed by atoms with Crippen LogP contribution in [-0.4, -0.2) is 36.6 Å². The molecule has 0 saturated carbocycles. The smallest absolute Gasteiger partial charge is 0.321 e. The van der Waals surface area contributed by atoms with E-state index in [0.717, 1.165) is 4.88 Å². The van der Waals surface area contributed by atoms with Gasteiger partial charge in [-0.15, -0.1) is 22.7 Å². The number of hydrogen-bond acceptors (Lipinski definition) is 5. The van der Waals surface area contributed by atoms with Crippen molar-refractivity contribution in [2.75, 3.05) is 26.0 Å². The lowest BCUT2D eigenvalue weighted by Gasteiger charge is -2.23. The second-order valence-electron chi connectivity index (χ2n) is 4.61. The molecule has 108 valence electrons. The molecule has 2 aromatic heterocycles. The maximum absolute atomic E-state index is 11.8. The lowest BCUT2D eigenvalue weighted by atomic mass is 10.2. The lowest BCUT2D eigenvalue weighted by Crippen LogP contribution is -2.36. The number of amides is 2. The minimum atomic E-state index is -0.220. The molecule has 0 aliphatic rings. The van der Waals surface area contributed by atoms with Crippen molar-refractivity contribution in [3.05, 3.63) is 33.5 Å². The van der Waals surface area contributed by atoms with Crippen LogP contribution in [0.5, 0.6) is 0 Å². The number of thiophene rings is 1. The van der Waals surface area contributed by atoms with Crippen LogP contribution in [0.3, 0.4) is 0 Å². The number of rotatable bonds is 5. The van der Waals surface area contributed by atoms with E-state index >= 15 is 0 Å². The van der Waals surface area contributed by atoms with Gasteiger partial charge < -0.3 is 10.2 Å². The molecule has 7 heteroatoms. The fourth-order valence-corrected chi connectivity index (χ4v) is 3.34. The molecule has 1 atom stereocenters. The van der Waals surface area contributed by atoms with Crippen molar-refractivity contribution in [1.29, 1.82) is 0 Å². The third-order valence-corrected chi connectivity index (χ3v) is 4.59. The molecule has 2 aromatic rings. The fourth-order valence-electron chi connectivity index (χ4n) is 1.76. The second-order valence-corrected chi connectivity index (χ2v) is 6.82. The van der Waals surface area contributed by atoms with Gasteiger partial charge in [0.1, 0.15) is 0 Å². The van der Waals surface area contributed by atoms with E-state index in [0.29, 0.717) is 11.7 Å². The van der Waals surface area contributed by atoms with Gasteiger partial charge in [0, 0.05) is 22.5 Å². The fraction of sp³-hybridized carbons (Fsp3) is 0.385. The monoisotopic (exact) mass is 310 g/mol. The first-order chi connectivity index (χ1) is 9.56. The maximum atomic E-state index is 11.8. The number of nitrogens with zero attached hydrogens (tertiary/aromatic N) is 2. The predicted octanol–water partition coefficient (Wildman–Crippen LogP) is 2.94. The van der Waals surface area contributed by atoms with Gasteiger partial charge in [-0.1, -0.05) is 6.07 Å². The largest absolute Gasteiger partial charge is 0.336 e. The average molecular weight is 310 g/mol. The summed E-state index contributed by atoms with van der Waals surface area (Å²) in [5.74, 6) is 0. The highest BCUT2D eigenvalue weighted by atomic mass is 32.1. The molecule has 0 spiro atoms. The van der Waals surface area contributed by atoms with E-state index in [1.54, 1.807) is 17.5 Å². The van der Waals surface area contributed by atoms with E-state index in [2.05, 4.69) is 26.6 Å². The standard InChI is InChI=1S/C13H18N4OS2/c1-9-7-15-13(20-9)16-12(18)14-8-10(17(2)3)11-5-4-6-19-11/h4-7,10H,8H2,1-3H3,(H2,14,15,16,18). The van der Waals surface area contributed by atoms with Crippen LogP contribution in [0.15, 0.2) is 23.7 Å². The van der Waals surface area contributed by atoms with Gasteiger partial charge in [0.25, 0.3) is 0 Å². The number of urea groups is 1. The summed E-state index contributed by atoms with van der Waals surface area (Å²) in [6, 6.07) is 4.06. The summed E-state index contributed by atoms with van der Waals surface area (Å²) >= 11 is 3.16. The van der Waals surface area contributed by atoms with Gasteiger partial charge in [-0.2, -0.15) is 0 Å². The highest BCUT2D eigenvalue weighted by Crippen LogP contribution is 2.22. The minimum Gasteiger partial charge on any atom is -0.336 e. The number of nitrogens with one attached hydrogen (secondary N) is 2. The molecule has 0 aliphatic heterocycles. The number of aromatic nitrogens is 1. The summed E-state index contributed by atoms with van der Waals surface area (Å²) in [6.45, 7) is 2.52. The van der Waals surface area contributed by atoms with Crippen LogP contribution in [-0.2, 0) is 0 Å². The van der Waals surface area contributed by atoms with Crippen LogP contribution in [0, 0.1) is 6.92 Å². The van der Waals surface area contributed by atoms with Gasteiger partial charge in [0.2, 0.25) is 0 Å². The Labute approximate surface area is 126 Å². The first kappa shape index (κ1) is 15.0. The second kappa shape index (κ2) is 6.83. The summed E-state index contributed by atoms with van der Waals surface area (Å²) in [4.78, 5) is 20.4. The van der Waals surface area contributed by atoms with Crippen LogP contribution >= 0.6 is 22.7 Å². The molecule has 0 saturated heterocycles. The first-order valence-corrected chi connectivity index (χ1v) is 7.93. The minimum absolute atomic E-state index is 0.179. The molecular weight excluding hydrogens is 292 g/mol. The van der Waals surface area contributed by atoms with Crippen LogP contribution in [0.2, 0.25) is 0 Å². The molecular formula is C13H18N4OS2. The van der Waals surface area contributed by atoms with Crippen molar-refractivity contribution < 1.29 is 4.79 Å². The van der Waals surface area contributed by atoms with E-state index < -0.39 is 0 Å². The SMILES string of the molecule is Cc1cnc(NC(=O)NCC(c2cccs2)N(C)C)s1. The number of anilines is 1. The van der Waals surface area contributed by atoms with Crippen molar-refractivity contribution >= 4 is 33.8 Å². The lowest BCUT2D eigenvalue weighted by molar-refractivity contribution is 0.244. The molecule has 1 unspecified atom stereocenters. The van der Waals surface area contributed by atoms with E-state index in [1.165, 1.54) is 16.2 Å². The zero-order valence-electron chi connectivity index (χ0n) is 11.7. The summed E-state index contributed by atoms with van der Waals surface area (Å²) in [6.07, 6.45) is 1.74. The summed E-state index contributed by atoms with van der Waals surface area (Å²) in [7, 11) is 4.02. The van der Waals surface area contributed by atoms with Gasteiger partial charge >= 0.3 is 6.03 Å². The van der Waals surface area contributed by atoms with Crippen molar-refractivity contribution in [2.45, 2.75) is 13.0 Å². The average Bonchev–Trinajstić information content (AvgIpc) is 3.01. The molecule has 0 fully saturated rings. The Hall–Kier alpha value is -1.44. The van der Waals surface area contributed by atoms with Gasteiger partial charge in [-0.05, 0) is 32.5 Å². The van der Waals surface area contributed by atoms with Crippen molar-refractivity contribution in [2.24, 2.45) is 0 Å². The Morgan fingerprint density at radius 3 is 2.85 bits per heavy atom. The Kier molecular flexibility index (Phi) is 5.11. The van der Waals surface area contributed by atoms with Crippen molar-refractivity contribution in [3.8, 4) is 0 Å². The third-order valence-electron chi connectivity index (χ3n) is 2.79. The molecule has 2 heterocycles. The third kappa shape index (κ3) is 4.03. The molecule has 20 heavy (non-hydrogen) atoms. The number of aryl methyl sites for hydroxylation is 1. The van der Waals surface area contributed by atoms with Crippen molar-refractivity contribution in [1.82, 2.24) is 15.2 Å². The van der Waals surface area contributed by atoms with Gasteiger partial charge in [-0.3, -0.25) is 5.32 Å². The summed E-state index contributed by atoms with van der Waals surface area (Å²) in [5.41, 5.74) is 0. The normalized spacial score (nSPS) is 12.4. The molecule has 0 aromatic carbocycles. The molecule has 0 radical (unpaired) electrons. The first-order valence-electron chi connectivity index (χ1n) is 6.23. The molecule has 5 nitrogen and oxygen atoms in total. The quantitative estimate of drug-likeness (QED) is 0.893. The highest BCUT2D eigenvalue weighted by Gasteiger charge is 2.16. The Balaban J connectivity index is 1.88. The number of thiazole rings is 1. The molecule has 0 bridgehead atoms. The van der Waals surface area contributed by atoms with Gasteiger partial charge in [0.15, 0.2) is 5.13 Å². The van der Waals surface area contributed by atoms with Crippen LogP contribution < -0.4 is 10.6 Å². The molecule has 2 rings (SSSR count). The zero-order chi connectivity index (χ0) is 14.5. The highest BCUT2D eigenvalue weighted by molar-refractivity contribution is 7.15. The Bertz CT molecular complexity index is 550. The van der Waals surface area contributed by atoms with Crippen LogP contribution in [0.1, 0.15) is 15.8 Å². The number of carbonyl (C=O) groups excluding carboxylic acids is 1. The molecule has 0 aliphatic carbocycles.